The van der Waals surface area contributed by atoms with E-state index in [1.807, 2.05) is 37.3 Å². The van der Waals surface area contributed by atoms with Gasteiger partial charge < -0.3 is 20.4 Å². The van der Waals surface area contributed by atoms with E-state index in [0.29, 0.717) is 6.54 Å². The molecule has 0 aliphatic carbocycles. The van der Waals surface area contributed by atoms with Gasteiger partial charge in [0.1, 0.15) is 0 Å². The van der Waals surface area contributed by atoms with Crippen molar-refractivity contribution in [3.8, 4) is 0 Å². The number of carboxylic acids is 1. The van der Waals surface area contributed by atoms with Crippen molar-refractivity contribution in [2.75, 3.05) is 13.2 Å². The molecule has 27 heavy (non-hydrogen) atoms. The van der Waals surface area contributed by atoms with Gasteiger partial charge in [0.05, 0.1) is 18.2 Å². The lowest BCUT2D eigenvalue weighted by Crippen LogP contribution is -2.47. The molecule has 0 aliphatic heterocycles. The average molecular weight is 370 g/mol. The van der Waals surface area contributed by atoms with E-state index in [0.717, 1.165) is 11.1 Å². The van der Waals surface area contributed by atoms with Gasteiger partial charge in [0, 0.05) is 13.1 Å². The monoisotopic (exact) mass is 370 g/mol. The summed E-state index contributed by atoms with van der Waals surface area (Å²) in [5.74, 6) is -0.857. The third kappa shape index (κ3) is 5.82. The molecular formula is C21H26N2O4. The maximum Gasteiger partial charge on any atom is 0.335 e. The van der Waals surface area contributed by atoms with Crippen LogP contribution in [0.3, 0.4) is 0 Å². The van der Waals surface area contributed by atoms with Gasteiger partial charge in [-0.25, -0.2) is 9.59 Å². The highest BCUT2D eigenvalue weighted by molar-refractivity contribution is 5.87. The zero-order valence-corrected chi connectivity index (χ0v) is 15.6. The number of benzene rings is 2. The summed E-state index contributed by atoms with van der Waals surface area (Å²) in [7, 11) is 0. The van der Waals surface area contributed by atoms with Gasteiger partial charge in [-0.2, -0.15) is 0 Å². The maximum atomic E-state index is 12.7. The smallest absolute Gasteiger partial charge is 0.335 e. The number of hydrogen-bond donors (Lipinski definition) is 3. The summed E-state index contributed by atoms with van der Waals surface area (Å²) in [6.45, 7) is 4.49. The van der Waals surface area contributed by atoms with Crippen molar-refractivity contribution in [2.45, 2.75) is 32.4 Å². The normalized spacial score (nSPS) is 12.9. The fourth-order valence-corrected chi connectivity index (χ4v) is 2.79. The Labute approximate surface area is 159 Å². The molecule has 0 spiro atoms. The zero-order valence-electron chi connectivity index (χ0n) is 15.6. The lowest BCUT2D eigenvalue weighted by atomic mass is 10.0. The standard InChI is InChI=1S/C21H26N2O4/c1-15(18-6-4-3-5-7-18)13-23(16(2)14-24)21(27)22-12-17-8-10-19(11-9-17)20(25)26/h3-11,15-16,24H,12-14H2,1-2H3,(H,22,27)(H,25,26)/t15?,16-/m0/s1. The molecule has 6 heteroatoms. The number of aliphatic hydroxyl groups is 1. The fourth-order valence-electron chi connectivity index (χ4n) is 2.79. The molecule has 2 aromatic carbocycles. The Balaban J connectivity index is 2.00. The van der Waals surface area contributed by atoms with Crippen LogP contribution in [-0.2, 0) is 6.54 Å². The van der Waals surface area contributed by atoms with Gasteiger partial charge in [-0.15, -0.1) is 0 Å². The number of hydrogen-bond acceptors (Lipinski definition) is 3. The number of aliphatic hydroxyl groups excluding tert-OH is 1. The number of carbonyl (C=O) groups excluding carboxylic acids is 1. The summed E-state index contributed by atoms with van der Waals surface area (Å²) in [5.41, 5.74) is 2.14. The molecule has 0 heterocycles. The van der Waals surface area contributed by atoms with E-state index in [9.17, 15) is 14.7 Å². The molecule has 0 fully saturated rings. The highest BCUT2D eigenvalue weighted by atomic mass is 16.4. The Kier molecular flexibility index (Phi) is 7.37. The van der Waals surface area contributed by atoms with E-state index in [2.05, 4.69) is 5.32 Å². The Morgan fingerprint density at radius 3 is 2.22 bits per heavy atom. The zero-order chi connectivity index (χ0) is 19.8. The lowest BCUT2D eigenvalue weighted by molar-refractivity contribution is 0.0697. The van der Waals surface area contributed by atoms with E-state index in [4.69, 9.17) is 5.11 Å². The van der Waals surface area contributed by atoms with E-state index in [-0.39, 0.29) is 36.7 Å². The van der Waals surface area contributed by atoms with Crippen LogP contribution in [0.25, 0.3) is 0 Å². The average Bonchev–Trinajstić information content (AvgIpc) is 2.70. The number of carbonyl (C=O) groups is 2. The summed E-state index contributed by atoms with van der Waals surface area (Å²) in [5, 5.41) is 21.3. The summed E-state index contributed by atoms with van der Waals surface area (Å²) < 4.78 is 0. The molecule has 0 aromatic heterocycles. The molecule has 0 saturated carbocycles. The number of rotatable bonds is 8. The van der Waals surface area contributed by atoms with Crippen LogP contribution in [0.4, 0.5) is 4.79 Å². The van der Waals surface area contributed by atoms with Crippen LogP contribution in [0.1, 0.15) is 41.3 Å². The molecular weight excluding hydrogens is 344 g/mol. The van der Waals surface area contributed by atoms with Crippen molar-refractivity contribution in [1.29, 1.82) is 0 Å². The Morgan fingerprint density at radius 2 is 1.67 bits per heavy atom. The molecule has 0 saturated heterocycles. The number of nitrogens with one attached hydrogen (secondary N) is 1. The van der Waals surface area contributed by atoms with Crippen molar-refractivity contribution in [2.24, 2.45) is 0 Å². The van der Waals surface area contributed by atoms with Gasteiger partial charge in [0.15, 0.2) is 0 Å². The van der Waals surface area contributed by atoms with Gasteiger partial charge in [0.25, 0.3) is 0 Å². The second-order valence-electron chi connectivity index (χ2n) is 6.66. The second kappa shape index (κ2) is 9.73. The molecule has 1 unspecified atom stereocenters. The van der Waals surface area contributed by atoms with Crippen molar-refractivity contribution < 1.29 is 19.8 Å². The predicted molar refractivity (Wildman–Crippen MR) is 104 cm³/mol. The molecule has 3 N–H and O–H groups in total. The van der Waals surface area contributed by atoms with E-state index < -0.39 is 5.97 Å². The molecule has 0 radical (unpaired) electrons. The highest BCUT2D eigenvalue weighted by Gasteiger charge is 2.22. The topological polar surface area (TPSA) is 89.9 Å². The van der Waals surface area contributed by atoms with Crippen molar-refractivity contribution in [3.05, 3.63) is 71.3 Å². The first-order valence-corrected chi connectivity index (χ1v) is 8.95. The predicted octanol–water partition coefficient (Wildman–Crippen LogP) is 3.08. The Morgan fingerprint density at radius 1 is 1.04 bits per heavy atom. The first-order valence-electron chi connectivity index (χ1n) is 8.95. The Hall–Kier alpha value is -2.86. The molecule has 144 valence electrons. The molecule has 2 amide bonds. The number of carboxylic acid groups (broad SMARTS) is 1. The van der Waals surface area contributed by atoms with E-state index >= 15 is 0 Å². The van der Waals surface area contributed by atoms with Crippen LogP contribution in [-0.4, -0.2) is 46.3 Å². The number of aromatic carboxylic acids is 1. The minimum absolute atomic E-state index is 0.123. The van der Waals surface area contributed by atoms with Gasteiger partial charge in [-0.1, -0.05) is 49.4 Å². The maximum absolute atomic E-state index is 12.7. The van der Waals surface area contributed by atoms with E-state index in [1.165, 1.54) is 12.1 Å². The third-order valence-electron chi connectivity index (χ3n) is 4.54. The highest BCUT2D eigenvalue weighted by Crippen LogP contribution is 2.17. The minimum Gasteiger partial charge on any atom is -0.478 e. The van der Waals surface area contributed by atoms with E-state index in [1.54, 1.807) is 24.0 Å². The summed E-state index contributed by atoms with van der Waals surface area (Å²) in [6, 6.07) is 15.7. The van der Waals surface area contributed by atoms with Crippen molar-refractivity contribution in [1.82, 2.24) is 10.2 Å². The molecule has 0 aliphatic rings. The summed E-state index contributed by atoms with van der Waals surface area (Å²) in [4.78, 5) is 25.2. The molecule has 6 nitrogen and oxygen atoms in total. The van der Waals surface area contributed by atoms with Crippen LogP contribution >= 0.6 is 0 Å². The van der Waals surface area contributed by atoms with Crippen LogP contribution in [0.2, 0.25) is 0 Å². The molecule has 2 atom stereocenters. The van der Waals surface area contributed by atoms with Crippen LogP contribution < -0.4 is 5.32 Å². The first kappa shape index (κ1) is 20.5. The molecule has 2 rings (SSSR count). The van der Waals surface area contributed by atoms with Crippen LogP contribution in [0.15, 0.2) is 54.6 Å². The number of nitrogens with zero attached hydrogens (tertiary/aromatic N) is 1. The first-order chi connectivity index (χ1) is 12.9. The minimum atomic E-state index is -0.983. The van der Waals surface area contributed by atoms with Gasteiger partial charge >= 0.3 is 12.0 Å². The van der Waals surface area contributed by atoms with Crippen LogP contribution in [0, 0.1) is 0 Å². The molecule has 0 bridgehead atoms. The van der Waals surface area contributed by atoms with Crippen molar-refractivity contribution >= 4 is 12.0 Å². The number of urea groups is 1. The Bertz CT molecular complexity index is 747. The van der Waals surface area contributed by atoms with Gasteiger partial charge in [0.2, 0.25) is 0 Å². The number of amides is 2. The van der Waals surface area contributed by atoms with Gasteiger partial charge in [-0.3, -0.25) is 0 Å². The molecule has 2 aromatic rings. The fraction of sp³-hybridized carbons (Fsp3) is 0.333. The lowest BCUT2D eigenvalue weighted by Gasteiger charge is -2.31. The van der Waals surface area contributed by atoms with Crippen molar-refractivity contribution in [3.63, 3.8) is 0 Å². The van der Waals surface area contributed by atoms with Gasteiger partial charge in [-0.05, 0) is 36.1 Å². The third-order valence-corrected chi connectivity index (χ3v) is 4.54. The summed E-state index contributed by atoms with van der Waals surface area (Å²) >= 11 is 0. The quantitative estimate of drug-likeness (QED) is 0.666. The van der Waals surface area contributed by atoms with Crippen LogP contribution in [0.5, 0.6) is 0 Å². The summed E-state index contributed by atoms with van der Waals surface area (Å²) in [6.07, 6.45) is 0. The SMILES string of the molecule is CC(CN(C(=O)NCc1ccc(C(=O)O)cc1)[C@@H](C)CO)c1ccccc1. The second-order valence-corrected chi connectivity index (χ2v) is 6.66. The largest absolute Gasteiger partial charge is 0.478 e.